The highest BCUT2D eigenvalue weighted by Gasteiger charge is 2.08. The van der Waals surface area contributed by atoms with Gasteiger partial charge in [0.2, 0.25) is 0 Å². The number of rotatable bonds is 6. The third kappa shape index (κ3) is 9.51. The summed E-state index contributed by atoms with van der Waals surface area (Å²) in [7, 11) is 0. The van der Waals surface area contributed by atoms with Gasteiger partial charge in [-0.1, -0.05) is 74.5 Å². The number of benzene rings is 2. The molecule has 2 aromatic carbocycles. The predicted octanol–water partition coefficient (Wildman–Crippen LogP) is 3.98. The highest BCUT2D eigenvalue weighted by molar-refractivity contribution is 5.92. The van der Waals surface area contributed by atoms with E-state index in [0.717, 1.165) is 25.4 Å². The molecule has 3 rings (SSSR count). The lowest BCUT2D eigenvalue weighted by Crippen LogP contribution is -2.08. The van der Waals surface area contributed by atoms with Gasteiger partial charge < -0.3 is 21.7 Å². The Hall–Kier alpha value is -3.55. The van der Waals surface area contributed by atoms with Crippen LogP contribution in [0.2, 0.25) is 0 Å². The monoisotopic (exact) mass is 437 g/mol. The Balaban J connectivity index is 0.000000241. The molecule has 170 valence electrons. The van der Waals surface area contributed by atoms with Crippen LogP contribution in [-0.4, -0.2) is 40.2 Å². The molecule has 7 heteroatoms. The fraction of sp³-hybridized carbons (Fsp3) is 0.240. The molecule has 0 aliphatic rings. The molecule has 32 heavy (non-hydrogen) atoms. The Morgan fingerprint density at radius 2 is 1.22 bits per heavy atom. The normalized spacial score (nSPS) is 11.6. The highest BCUT2D eigenvalue weighted by Crippen LogP contribution is 2.12. The number of carboxylic acids is 2. The summed E-state index contributed by atoms with van der Waals surface area (Å²) in [5, 5.41) is 16.9. The number of nitrogens with two attached hydrogens (primary N) is 2. The van der Waals surface area contributed by atoms with Crippen molar-refractivity contribution in [3.05, 3.63) is 101 Å². The molecule has 0 aliphatic carbocycles. The van der Waals surface area contributed by atoms with E-state index in [9.17, 15) is 9.59 Å². The van der Waals surface area contributed by atoms with E-state index in [1.807, 2.05) is 36.4 Å². The molecule has 0 amide bonds. The second-order valence-electron chi connectivity index (χ2n) is 7.13. The van der Waals surface area contributed by atoms with Crippen molar-refractivity contribution in [1.82, 2.24) is 4.98 Å². The molecule has 2 unspecified atom stereocenters. The van der Waals surface area contributed by atoms with Crippen LogP contribution in [0.15, 0.2) is 79.0 Å². The lowest BCUT2D eigenvalue weighted by molar-refractivity contribution is 0.0690. The van der Waals surface area contributed by atoms with Crippen molar-refractivity contribution in [2.24, 2.45) is 11.5 Å². The molecule has 1 aromatic heterocycles. The predicted molar refractivity (Wildman–Crippen MR) is 126 cm³/mol. The zero-order valence-corrected chi connectivity index (χ0v) is 18.4. The lowest BCUT2D eigenvalue weighted by Gasteiger charge is -2.06. The molecule has 0 saturated heterocycles. The number of carbonyl (C=O) groups is 2. The number of pyridine rings is 1. The van der Waals surface area contributed by atoms with Gasteiger partial charge in [-0.15, -0.1) is 0 Å². The second kappa shape index (κ2) is 14.5. The number of carboxylic acid groups (broad SMARTS) is 2. The molecule has 3 aromatic rings. The number of aromatic nitrogens is 1. The molecule has 0 saturated carbocycles. The summed E-state index contributed by atoms with van der Waals surface area (Å²) in [5.74, 6) is -1.43. The molecule has 0 fully saturated rings. The van der Waals surface area contributed by atoms with Crippen LogP contribution in [0.4, 0.5) is 0 Å². The van der Waals surface area contributed by atoms with Crippen molar-refractivity contribution < 1.29 is 19.8 Å². The van der Waals surface area contributed by atoms with Gasteiger partial charge in [0.1, 0.15) is 5.69 Å². The van der Waals surface area contributed by atoms with E-state index in [-0.39, 0.29) is 11.3 Å². The summed E-state index contributed by atoms with van der Waals surface area (Å²) in [6, 6.07) is 22.9. The topological polar surface area (TPSA) is 140 Å². The summed E-state index contributed by atoms with van der Waals surface area (Å²) in [5.41, 5.74) is 13.3. The number of aromatic carboxylic acids is 2. The van der Waals surface area contributed by atoms with Gasteiger partial charge in [0.15, 0.2) is 0 Å². The maximum absolute atomic E-state index is 10.4. The maximum Gasteiger partial charge on any atom is 0.354 e. The fourth-order valence-electron chi connectivity index (χ4n) is 2.52. The Bertz CT molecular complexity index is 875. The van der Waals surface area contributed by atoms with Gasteiger partial charge in [-0.3, -0.25) is 0 Å². The van der Waals surface area contributed by atoms with Crippen LogP contribution in [0, 0.1) is 0 Å². The van der Waals surface area contributed by atoms with E-state index in [1.54, 1.807) is 0 Å². The summed E-state index contributed by atoms with van der Waals surface area (Å²) < 4.78 is 0. The van der Waals surface area contributed by atoms with Gasteiger partial charge in [0, 0.05) is 6.20 Å². The molecule has 1 heterocycles. The third-order valence-electron chi connectivity index (χ3n) is 4.67. The van der Waals surface area contributed by atoms with Crippen LogP contribution in [0.5, 0.6) is 0 Å². The molecular formula is C25H31N3O4. The summed E-state index contributed by atoms with van der Waals surface area (Å²) in [4.78, 5) is 24.1. The molecular weight excluding hydrogens is 406 g/mol. The van der Waals surface area contributed by atoms with Crippen molar-refractivity contribution >= 4 is 11.9 Å². The SMILES string of the molecule is CC(CN)c1ccccc1.CC(CN)c1ccccc1.O=C(O)c1ccnc(C(=O)O)c1. The van der Waals surface area contributed by atoms with E-state index in [4.69, 9.17) is 21.7 Å². The van der Waals surface area contributed by atoms with E-state index in [2.05, 4.69) is 43.1 Å². The summed E-state index contributed by atoms with van der Waals surface area (Å²) >= 11 is 0. The largest absolute Gasteiger partial charge is 0.478 e. The third-order valence-corrected chi connectivity index (χ3v) is 4.67. The molecule has 2 atom stereocenters. The van der Waals surface area contributed by atoms with Crippen LogP contribution in [0.3, 0.4) is 0 Å². The first-order valence-electron chi connectivity index (χ1n) is 10.2. The molecule has 7 nitrogen and oxygen atoms in total. The minimum Gasteiger partial charge on any atom is -0.478 e. The van der Waals surface area contributed by atoms with Crippen molar-refractivity contribution in [3.8, 4) is 0 Å². The van der Waals surface area contributed by atoms with Crippen molar-refractivity contribution in [2.75, 3.05) is 13.1 Å². The number of nitrogens with zero attached hydrogens (tertiary/aromatic N) is 1. The minimum atomic E-state index is -1.24. The van der Waals surface area contributed by atoms with Crippen LogP contribution >= 0.6 is 0 Å². The van der Waals surface area contributed by atoms with Crippen molar-refractivity contribution in [1.29, 1.82) is 0 Å². The Morgan fingerprint density at radius 1 is 0.781 bits per heavy atom. The number of hydrogen-bond donors (Lipinski definition) is 4. The van der Waals surface area contributed by atoms with Gasteiger partial charge >= 0.3 is 11.9 Å². The Kier molecular flexibility index (Phi) is 12.0. The zero-order valence-electron chi connectivity index (χ0n) is 18.4. The average Bonchev–Trinajstić information content (AvgIpc) is 2.85. The second-order valence-corrected chi connectivity index (χ2v) is 7.13. The van der Waals surface area contributed by atoms with Crippen molar-refractivity contribution in [2.45, 2.75) is 25.7 Å². The van der Waals surface area contributed by atoms with Gasteiger partial charge in [-0.05, 0) is 48.2 Å². The van der Waals surface area contributed by atoms with Gasteiger partial charge in [-0.25, -0.2) is 14.6 Å². The Labute approximate surface area is 188 Å². The maximum atomic E-state index is 10.4. The zero-order chi connectivity index (χ0) is 23.9. The van der Waals surface area contributed by atoms with E-state index < -0.39 is 11.9 Å². The molecule has 0 radical (unpaired) electrons. The summed E-state index contributed by atoms with van der Waals surface area (Å²) in [6.07, 6.45) is 1.15. The highest BCUT2D eigenvalue weighted by atomic mass is 16.4. The molecule has 0 aliphatic heterocycles. The van der Waals surface area contributed by atoms with E-state index >= 15 is 0 Å². The van der Waals surface area contributed by atoms with Crippen molar-refractivity contribution in [3.63, 3.8) is 0 Å². The van der Waals surface area contributed by atoms with Crippen LogP contribution in [0.1, 0.15) is 57.7 Å². The first-order valence-corrected chi connectivity index (χ1v) is 10.2. The molecule has 0 bridgehead atoms. The fourth-order valence-corrected chi connectivity index (χ4v) is 2.52. The van der Waals surface area contributed by atoms with Crippen LogP contribution in [0.25, 0.3) is 0 Å². The first kappa shape index (κ1) is 26.5. The molecule has 0 spiro atoms. The Morgan fingerprint density at radius 3 is 1.56 bits per heavy atom. The van der Waals surface area contributed by atoms with Gasteiger partial charge in [0.05, 0.1) is 5.56 Å². The smallest absolute Gasteiger partial charge is 0.354 e. The van der Waals surface area contributed by atoms with Crippen LogP contribution in [-0.2, 0) is 0 Å². The average molecular weight is 438 g/mol. The lowest BCUT2D eigenvalue weighted by atomic mass is 10.0. The quantitative estimate of drug-likeness (QED) is 0.457. The van der Waals surface area contributed by atoms with Crippen LogP contribution < -0.4 is 11.5 Å². The standard InChI is InChI=1S/2C9H13N.C7H5NO4/c2*1-8(7-10)9-5-3-2-4-6-9;9-6(10)4-1-2-8-5(3-4)7(11)12/h2*2-6,8H,7,10H2,1H3;1-3H,(H,9,10)(H,11,12). The van der Waals surface area contributed by atoms with Gasteiger partial charge in [-0.2, -0.15) is 0 Å². The molecule has 6 N–H and O–H groups in total. The first-order chi connectivity index (χ1) is 15.3. The van der Waals surface area contributed by atoms with E-state index in [1.165, 1.54) is 17.2 Å². The number of hydrogen-bond acceptors (Lipinski definition) is 5. The minimum absolute atomic E-state index is 0.0811. The van der Waals surface area contributed by atoms with E-state index in [0.29, 0.717) is 11.8 Å². The van der Waals surface area contributed by atoms with Gasteiger partial charge in [0.25, 0.3) is 0 Å². The summed E-state index contributed by atoms with van der Waals surface area (Å²) in [6.45, 7) is 5.72.